The lowest BCUT2D eigenvalue weighted by molar-refractivity contribution is -0.137. The topological polar surface area (TPSA) is 55.6 Å². The zero-order valence-electron chi connectivity index (χ0n) is 14.4. The predicted molar refractivity (Wildman–Crippen MR) is 95.5 cm³/mol. The Morgan fingerprint density at radius 3 is 2.67 bits per heavy atom. The SMILES string of the molecule is CCc1nc2c(Cl)cc(C(F)(F)F)cn2c1C(=O)Nc1ccccc1OC. The van der Waals surface area contributed by atoms with Gasteiger partial charge in [-0.3, -0.25) is 9.20 Å². The fourth-order valence-electron chi connectivity index (χ4n) is 2.72. The Labute approximate surface area is 157 Å². The normalized spacial score (nSPS) is 11.6. The van der Waals surface area contributed by atoms with Crippen LogP contribution in [0.5, 0.6) is 5.75 Å². The summed E-state index contributed by atoms with van der Waals surface area (Å²) in [5.41, 5.74) is -0.159. The average molecular weight is 398 g/mol. The number of carbonyl (C=O) groups excluding carboxylic acids is 1. The van der Waals surface area contributed by atoms with Crippen LogP contribution >= 0.6 is 11.6 Å². The van der Waals surface area contributed by atoms with E-state index < -0.39 is 17.6 Å². The highest BCUT2D eigenvalue weighted by Gasteiger charge is 2.33. The number of halogens is 4. The number of nitrogens with zero attached hydrogens (tertiary/aromatic N) is 2. The number of fused-ring (bicyclic) bond motifs is 1. The van der Waals surface area contributed by atoms with Crippen molar-refractivity contribution in [2.24, 2.45) is 0 Å². The van der Waals surface area contributed by atoms with E-state index in [0.29, 0.717) is 23.6 Å². The molecule has 2 aromatic heterocycles. The number of methoxy groups -OCH3 is 1. The molecular weight excluding hydrogens is 383 g/mol. The second kappa shape index (κ2) is 7.11. The van der Waals surface area contributed by atoms with E-state index in [9.17, 15) is 18.0 Å². The van der Waals surface area contributed by atoms with Gasteiger partial charge in [-0.1, -0.05) is 30.7 Å². The maximum atomic E-state index is 13.2. The highest BCUT2D eigenvalue weighted by molar-refractivity contribution is 6.33. The van der Waals surface area contributed by atoms with E-state index >= 15 is 0 Å². The molecule has 27 heavy (non-hydrogen) atoms. The maximum absolute atomic E-state index is 13.2. The predicted octanol–water partition coefficient (Wildman–Crippen LogP) is 4.83. The largest absolute Gasteiger partial charge is 0.495 e. The molecule has 0 atom stereocenters. The first-order chi connectivity index (χ1) is 12.8. The molecule has 3 rings (SSSR count). The standard InChI is InChI=1S/C18H15ClF3N3O2/c1-3-12-15(17(26)24-13-6-4-5-7-14(13)27-2)25-9-10(18(20,21)22)8-11(19)16(25)23-12/h4-9H,3H2,1-2H3,(H,24,26). The molecule has 0 radical (unpaired) electrons. The molecule has 0 saturated heterocycles. The summed E-state index contributed by atoms with van der Waals surface area (Å²) in [6.07, 6.45) is -3.44. The Morgan fingerprint density at radius 1 is 1.33 bits per heavy atom. The molecule has 1 N–H and O–H groups in total. The smallest absolute Gasteiger partial charge is 0.417 e. The van der Waals surface area contributed by atoms with Gasteiger partial charge in [-0.15, -0.1) is 0 Å². The number of rotatable bonds is 4. The van der Waals surface area contributed by atoms with Crippen molar-refractivity contribution in [2.75, 3.05) is 12.4 Å². The summed E-state index contributed by atoms with van der Waals surface area (Å²) in [5.74, 6) is -0.189. The third-order valence-corrected chi connectivity index (χ3v) is 4.26. The van der Waals surface area contributed by atoms with Crippen molar-refractivity contribution in [3.05, 3.63) is 58.5 Å². The number of alkyl halides is 3. The van der Waals surface area contributed by atoms with Crippen molar-refractivity contribution in [1.29, 1.82) is 0 Å². The van der Waals surface area contributed by atoms with Crippen molar-refractivity contribution >= 4 is 28.8 Å². The van der Waals surface area contributed by atoms with Gasteiger partial charge >= 0.3 is 6.18 Å². The lowest BCUT2D eigenvalue weighted by atomic mass is 10.2. The maximum Gasteiger partial charge on any atom is 0.417 e. The summed E-state index contributed by atoms with van der Waals surface area (Å²) in [5, 5.41) is 2.47. The fourth-order valence-corrected chi connectivity index (χ4v) is 2.97. The summed E-state index contributed by atoms with van der Waals surface area (Å²) >= 11 is 5.99. The lowest BCUT2D eigenvalue weighted by Crippen LogP contribution is -2.17. The van der Waals surface area contributed by atoms with Crippen LogP contribution in [0.1, 0.15) is 28.7 Å². The summed E-state index contributed by atoms with van der Waals surface area (Å²) in [6, 6.07) is 7.51. The number of imidazole rings is 1. The number of aromatic nitrogens is 2. The van der Waals surface area contributed by atoms with E-state index in [4.69, 9.17) is 16.3 Å². The monoisotopic (exact) mass is 397 g/mol. The van der Waals surface area contributed by atoms with Crippen molar-refractivity contribution in [1.82, 2.24) is 9.38 Å². The molecule has 0 bridgehead atoms. The number of nitrogens with one attached hydrogen (secondary N) is 1. The van der Waals surface area contributed by atoms with Crippen LogP contribution in [-0.4, -0.2) is 22.4 Å². The van der Waals surface area contributed by atoms with Gasteiger partial charge in [0.2, 0.25) is 0 Å². The highest BCUT2D eigenvalue weighted by Crippen LogP contribution is 2.33. The van der Waals surface area contributed by atoms with Gasteiger partial charge in [-0.2, -0.15) is 13.2 Å². The Kier molecular flexibility index (Phi) is 5.01. The third kappa shape index (κ3) is 3.57. The number of pyridine rings is 1. The minimum atomic E-state index is -4.61. The minimum Gasteiger partial charge on any atom is -0.495 e. The molecule has 1 amide bonds. The minimum absolute atomic E-state index is 0.00796. The lowest BCUT2D eigenvalue weighted by Gasteiger charge is -2.12. The Bertz CT molecular complexity index is 1010. The van der Waals surface area contributed by atoms with Crippen LogP contribution in [0.4, 0.5) is 18.9 Å². The summed E-state index contributed by atoms with van der Waals surface area (Å²) in [7, 11) is 1.45. The number of anilines is 1. The molecule has 2 heterocycles. The van der Waals surface area contributed by atoms with Gasteiger partial charge < -0.3 is 10.1 Å². The molecule has 0 aliphatic heterocycles. The molecule has 142 valence electrons. The summed E-state index contributed by atoms with van der Waals surface area (Å²) in [4.78, 5) is 17.1. The quantitative estimate of drug-likeness (QED) is 0.686. The third-order valence-electron chi connectivity index (χ3n) is 3.98. The molecule has 0 aliphatic rings. The molecule has 0 saturated carbocycles. The molecule has 9 heteroatoms. The van der Waals surface area contributed by atoms with Gasteiger partial charge in [0.25, 0.3) is 5.91 Å². The average Bonchev–Trinajstić information content (AvgIpc) is 3.00. The zero-order valence-corrected chi connectivity index (χ0v) is 15.1. The van der Waals surface area contributed by atoms with Crippen molar-refractivity contribution in [2.45, 2.75) is 19.5 Å². The van der Waals surface area contributed by atoms with Crippen LogP contribution in [0.2, 0.25) is 5.02 Å². The Morgan fingerprint density at radius 2 is 2.04 bits per heavy atom. The number of ether oxygens (including phenoxy) is 1. The summed E-state index contributed by atoms with van der Waals surface area (Å²) < 4.78 is 45.7. The number of amides is 1. The molecule has 0 unspecified atom stereocenters. The zero-order chi connectivity index (χ0) is 19.8. The van der Waals surface area contributed by atoms with E-state index in [1.54, 1.807) is 31.2 Å². The second-order valence-electron chi connectivity index (χ2n) is 5.68. The number of hydrogen-bond acceptors (Lipinski definition) is 3. The van der Waals surface area contributed by atoms with Crippen LogP contribution in [-0.2, 0) is 12.6 Å². The van der Waals surface area contributed by atoms with Gasteiger partial charge in [0.1, 0.15) is 11.4 Å². The van der Waals surface area contributed by atoms with E-state index in [0.717, 1.165) is 16.7 Å². The van der Waals surface area contributed by atoms with E-state index in [-0.39, 0.29) is 16.4 Å². The van der Waals surface area contributed by atoms with E-state index in [2.05, 4.69) is 10.3 Å². The van der Waals surface area contributed by atoms with Gasteiger partial charge in [0.05, 0.1) is 29.1 Å². The van der Waals surface area contributed by atoms with Gasteiger partial charge in [-0.05, 0) is 24.6 Å². The number of aryl methyl sites for hydroxylation is 1. The Balaban J connectivity index is 2.14. The molecule has 3 aromatic rings. The summed E-state index contributed by atoms with van der Waals surface area (Å²) in [6.45, 7) is 1.75. The van der Waals surface area contributed by atoms with Crippen LogP contribution in [0.3, 0.4) is 0 Å². The van der Waals surface area contributed by atoms with E-state index in [1.165, 1.54) is 7.11 Å². The molecule has 1 aromatic carbocycles. The molecule has 5 nitrogen and oxygen atoms in total. The molecule has 0 aliphatic carbocycles. The van der Waals surface area contributed by atoms with Crippen molar-refractivity contribution in [3.63, 3.8) is 0 Å². The van der Waals surface area contributed by atoms with Gasteiger partial charge in [-0.25, -0.2) is 4.98 Å². The van der Waals surface area contributed by atoms with Crippen LogP contribution in [0.15, 0.2) is 36.5 Å². The fraction of sp³-hybridized carbons (Fsp3) is 0.222. The number of hydrogen-bond donors (Lipinski definition) is 1. The second-order valence-corrected chi connectivity index (χ2v) is 6.09. The van der Waals surface area contributed by atoms with E-state index in [1.807, 2.05) is 0 Å². The Hall–Kier alpha value is -2.74. The number of benzene rings is 1. The van der Waals surface area contributed by atoms with Crippen LogP contribution < -0.4 is 10.1 Å². The first kappa shape index (κ1) is 19.0. The van der Waals surface area contributed by atoms with Crippen molar-refractivity contribution in [3.8, 4) is 5.75 Å². The van der Waals surface area contributed by atoms with Crippen molar-refractivity contribution < 1.29 is 22.7 Å². The van der Waals surface area contributed by atoms with Crippen LogP contribution in [0.25, 0.3) is 5.65 Å². The first-order valence-electron chi connectivity index (χ1n) is 7.98. The highest BCUT2D eigenvalue weighted by atomic mass is 35.5. The molecule has 0 fully saturated rings. The number of para-hydroxylation sites is 2. The molecular formula is C18H15ClF3N3O2. The number of carbonyl (C=O) groups is 1. The van der Waals surface area contributed by atoms with Crippen LogP contribution in [0, 0.1) is 0 Å². The van der Waals surface area contributed by atoms with Gasteiger partial charge in [0.15, 0.2) is 5.65 Å². The van der Waals surface area contributed by atoms with Gasteiger partial charge in [0, 0.05) is 6.20 Å². The first-order valence-corrected chi connectivity index (χ1v) is 8.36. The molecule has 0 spiro atoms.